The van der Waals surface area contributed by atoms with E-state index in [1.807, 2.05) is 0 Å². The van der Waals surface area contributed by atoms with Crippen LogP contribution in [-0.2, 0) is 0 Å². The number of nitrogens with one attached hydrogen (secondary N) is 2. The van der Waals surface area contributed by atoms with Crippen molar-refractivity contribution < 1.29 is 18.3 Å². The molecule has 0 aromatic heterocycles. The van der Waals surface area contributed by atoms with Gasteiger partial charge in [0.1, 0.15) is 0 Å². The molecule has 1 rings (SSSR count). The van der Waals surface area contributed by atoms with Crippen molar-refractivity contribution in [1.82, 2.24) is 10.7 Å². The maximum atomic E-state index is 12.5. The second kappa shape index (κ2) is 9.67. The van der Waals surface area contributed by atoms with E-state index in [9.17, 15) is 8.78 Å². The van der Waals surface area contributed by atoms with E-state index in [-0.39, 0.29) is 16.6 Å². The van der Waals surface area contributed by atoms with Crippen molar-refractivity contribution in [1.29, 1.82) is 0 Å². The average molecular weight is 329 g/mol. The summed E-state index contributed by atoms with van der Waals surface area (Å²) in [5, 5.41) is 6.97. The molecule has 0 amide bonds. The summed E-state index contributed by atoms with van der Waals surface area (Å²) >= 11 is 4.95. The molecular formula is C14H17F2N3O2S. The van der Waals surface area contributed by atoms with Crippen LogP contribution in [0.1, 0.15) is 12.5 Å². The molecule has 0 spiro atoms. The zero-order valence-corrected chi connectivity index (χ0v) is 12.8. The maximum Gasteiger partial charge on any atom is 0.387 e. The molecule has 8 heteroatoms. The van der Waals surface area contributed by atoms with Gasteiger partial charge in [0.15, 0.2) is 16.6 Å². The number of hydrogen-bond acceptors (Lipinski definition) is 4. The molecular weight excluding hydrogens is 312 g/mol. The number of halogens is 2. The summed E-state index contributed by atoms with van der Waals surface area (Å²) < 4.78 is 34.8. The minimum absolute atomic E-state index is 0.0742. The van der Waals surface area contributed by atoms with Gasteiger partial charge in [0.2, 0.25) is 0 Å². The van der Waals surface area contributed by atoms with Gasteiger partial charge in [0, 0.05) is 12.1 Å². The first-order chi connectivity index (χ1) is 10.6. The second-order valence-corrected chi connectivity index (χ2v) is 4.26. The fourth-order valence-corrected chi connectivity index (χ4v) is 1.62. The van der Waals surface area contributed by atoms with Crippen molar-refractivity contribution in [3.05, 3.63) is 36.4 Å². The predicted octanol–water partition coefficient (Wildman–Crippen LogP) is 2.67. The largest absolute Gasteiger partial charge is 0.490 e. The molecule has 0 unspecified atom stereocenters. The van der Waals surface area contributed by atoms with Gasteiger partial charge in [-0.1, -0.05) is 12.1 Å². The van der Waals surface area contributed by atoms with Crippen LogP contribution < -0.4 is 20.2 Å². The van der Waals surface area contributed by atoms with E-state index >= 15 is 0 Å². The number of ether oxygens (including phenoxy) is 2. The lowest BCUT2D eigenvalue weighted by atomic mass is 10.2. The first-order valence-electron chi connectivity index (χ1n) is 6.46. The Morgan fingerprint density at radius 2 is 2.27 bits per heavy atom. The molecule has 0 heterocycles. The Kier molecular flexibility index (Phi) is 7.84. The summed E-state index contributed by atoms with van der Waals surface area (Å²) in [4.78, 5) is 0. The SMILES string of the molecule is C=CCNC(=S)N/N=C\c1cccc(OCC)c1OC(F)F. The third-order valence-corrected chi connectivity index (χ3v) is 2.53. The first kappa shape index (κ1) is 17.8. The monoisotopic (exact) mass is 329 g/mol. The van der Waals surface area contributed by atoms with Crippen LogP contribution in [0.5, 0.6) is 11.5 Å². The van der Waals surface area contributed by atoms with Crippen LogP contribution in [0.15, 0.2) is 36.0 Å². The third-order valence-electron chi connectivity index (χ3n) is 2.29. The highest BCUT2D eigenvalue weighted by Crippen LogP contribution is 2.31. The Balaban J connectivity index is 2.85. The highest BCUT2D eigenvalue weighted by Gasteiger charge is 2.14. The number of para-hydroxylation sites is 1. The van der Waals surface area contributed by atoms with Gasteiger partial charge < -0.3 is 14.8 Å². The van der Waals surface area contributed by atoms with E-state index in [4.69, 9.17) is 17.0 Å². The molecule has 0 saturated carbocycles. The van der Waals surface area contributed by atoms with Crippen LogP contribution >= 0.6 is 12.2 Å². The van der Waals surface area contributed by atoms with Gasteiger partial charge in [0.05, 0.1) is 12.8 Å². The van der Waals surface area contributed by atoms with Gasteiger partial charge in [0.25, 0.3) is 0 Å². The van der Waals surface area contributed by atoms with E-state index in [1.165, 1.54) is 6.21 Å². The summed E-state index contributed by atoms with van der Waals surface area (Å²) in [6, 6.07) is 4.77. The summed E-state index contributed by atoms with van der Waals surface area (Å²) in [6.07, 6.45) is 2.96. The van der Waals surface area contributed by atoms with Crippen LogP contribution in [0.25, 0.3) is 0 Å². The fraction of sp³-hybridized carbons (Fsp3) is 0.286. The number of nitrogens with zero attached hydrogens (tertiary/aromatic N) is 1. The van der Waals surface area contributed by atoms with Gasteiger partial charge in [-0.15, -0.1) is 6.58 Å². The van der Waals surface area contributed by atoms with Crippen molar-refractivity contribution in [3.63, 3.8) is 0 Å². The van der Waals surface area contributed by atoms with E-state index in [0.29, 0.717) is 18.7 Å². The number of alkyl halides is 2. The minimum Gasteiger partial charge on any atom is -0.490 e. The molecule has 2 N–H and O–H groups in total. The van der Waals surface area contributed by atoms with Crippen molar-refractivity contribution in [2.24, 2.45) is 5.10 Å². The molecule has 0 aliphatic rings. The number of rotatable bonds is 8. The average Bonchev–Trinajstić information content (AvgIpc) is 2.48. The molecule has 1 aromatic rings. The second-order valence-electron chi connectivity index (χ2n) is 3.85. The van der Waals surface area contributed by atoms with E-state index in [0.717, 1.165) is 0 Å². The number of hydrazone groups is 1. The van der Waals surface area contributed by atoms with Crippen LogP contribution in [0.3, 0.4) is 0 Å². The van der Waals surface area contributed by atoms with E-state index in [2.05, 4.69) is 27.2 Å². The molecule has 0 aliphatic heterocycles. The molecule has 1 aromatic carbocycles. The Morgan fingerprint density at radius 3 is 2.91 bits per heavy atom. The van der Waals surface area contributed by atoms with E-state index in [1.54, 1.807) is 31.2 Å². The van der Waals surface area contributed by atoms with Crippen LogP contribution in [0.4, 0.5) is 8.78 Å². The number of thiocarbonyl (C=S) groups is 1. The molecule has 120 valence electrons. The predicted molar refractivity (Wildman–Crippen MR) is 85.8 cm³/mol. The maximum absolute atomic E-state index is 12.5. The van der Waals surface area contributed by atoms with Gasteiger partial charge >= 0.3 is 6.61 Å². The Hall–Kier alpha value is -2.22. The lowest BCUT2D eigenvalue weighted by molar-refractivity contribution is -0.0515. The third kappa shape index (κ3) is 6.04. The standard InChI is InChI=1S/C14H17F2N3O2S/c1-3-8-17-14(22)19-18-9-10-6-5-7-11(20-4-2)12(10)21-13(15)16/h3,5-7,9,13H,1,4,8H2,2H3,(H2,17,19,22)/b18-9-. The highest BCUT2D eigenvalue weighted by atomic mass is 32.1. The molecule has 0 bridgehead atoms. The summed E-state index contributed by atoms with van der Waals surface area (Å²) in [7, 11) is 0. The Morgan fingerprint density at radius 1 is 1.50 bits per heavy atom. The number of hydrogen-bond donors (Lipinski definition) is 2. The lowest BCUT2D eigenvalue weighted by Gasteiger charge is -2.13. The Bertz CT molecular complexity index is 539. The smallest absolute Gasteiger partial charge is 0.387 e. The van der Waals surface area contributed by atoms with Gasteiger partial charge in [-0.05, 0) is 31.3 Å². The quantitative estimate of drug-likeness (QED) is 0.332. The molecule has 22 heavy (non-hydrogen) atoms. The van der Waals surface area contributed by atoms with Gasteiger partial charge in [-0.25, -0.2) is 0 Å². The summed E-state index contributed by atoms with van der Waals surface area (Å²) in [5.74, 6) is 0.147. The van der Waals surface area contributed by atoms with Gasteiger partial charge in [-0.2, -0.15) is 13.9 Å². The van der Waals surface area contributed by atoms with Crippen molar-refractivity contribution >= 4 is 23.5 Å². The molecule has 0 aliphatic carbocycles. The van der Waals surface area contributed by atoms with E-state index < -0.39 is 6.61 Å². The fourth-order valence-electron chi connectivity index (χ4n) is 1.48. The van der Waals surface area contributed by atoms with Crippen LogP contribution in [0.2, 0.25) is 0 Å². The normalized spacial score (nSPS) is 10.5. The van der Waals surface area contributed by atoms with Crippen molar-refractivity contribution in [2.45, 2.75) is 13.5 Å². The minimum atomic E-state index is -2.96. The van der Waals surface area contributed by atoms with Crippen molar-refractivity contribution in [3.8, 4) is 11.5 Å². The Labute approximate surface area is 133 Å². The summed E-state index contributed by atoms with van der Waals surface area (Å²) in [6.45, 7) is 3.14. The first-order valence-corrected chi connectivity index (χ1v) is 6.87. The van der Waals surface area contributed by atoms with Crippen molar-refractivity contribution in [2.75, 3.05) is 13.2 Å². The zero-order valence-electron chi connectivity index (χ0n) is 12.0. The topological polar surface area (TPSA) is 54.9 Å². The zero-order chi connectivity index (χ0) is 16.4. The lowest BCUT2D eigenvalue weighted by Crippen LogP contribution is -2.31. The summed E-state index contributed by atoms with van der Waals surface area (Å²) in [5.41, 5.74) is 2.89. The molecule has 0 saturated heterocycles. The number of benzene rings is 1. The molecule has 0 radical (unpaired) electrons. The molecule has 0 fully saturated rings. The molecule has 0 atom stereocenters. The van der Waals surface area contributed by atoms with Crippen LogP contribution in [0, 0.1) is 0 Å². The highest BCUT2D eigenvalue weighted by molar-refractivity contribution is 7.80. The van der Waals surface area contributed by atoms with Crippen LogP contribution in [-0.4, -0.2) is 31.1 Å². The molecule has 5 nitrogen and oxygen atoms in total. The van der Waals surface area contributed by atoms with Gasteiger partial charge in [-0.3, -0.25) is 5.43 Å².